The predicted molar refractivity (Wildman–Crippen MR) is 111 cm³/mol. The van der Waals surface area contributed by atoms with Crippen molar-refractivity contribution in [2.24, 2.45) is 0 Å². The van der Waals surface area contributed by atoms with Gasteiger partial charge in [-0.15, -0.1) is 0 Å². The van der Waals surface area contributed by atoms with E-state index in [4.69, 9.17) is 9.26 Å². The lowest BCUT2D eigenvalue weighted by Crippen LogP contribution is -2.53. The van der Waals surface area contributed by atoms with Crippen molar-refractivity contribution < 1.29 is 18.8 Å². The zero-order chi connectivity index (χ0) is 20.5. The van der Waals surface area contributed by atoms with Crippen LogP contribution in [0.4, 0.5) is 5.69 Å². The van der Waals surface area contributed by atoms with Crippen LogP contribution in [0.1, 0.15) is 25.0 Å². The van der Waals surface area contributed by atoms with E-state index in [0.29, 0.717) is 22.7 Å². The molecule has 2 aliphatic heterocycles. The Balaban J connectivity index is 1.41. The van der Waals surface area contributed by atoms with Gasteiger partial charge in [0.05, 0.1) is 18.7 Å². The highest BCUT2D eigenvalue weighted by atomic mass is 16.5. The summed E-state index contributed by atoms with van der Waals surface area (Å²) in [5.41, 5.74) is 1.93. The molecule has 2 aromatic carbocycles. The van der Waals surface area contributed by atoms with E-state index in [-0.39, 0.29) is 24.8 Å². The second kappa shape index (κ2) is 7.82. The second-order valence-corrected chi connectivity index (χ2v) is 7.77. The van der Waals surface area contributed by atoms with Crippen molar-refractivity contribution in [1.29, 1.82) is 0 Å². The summed E-state index contributed by atoms with van der Waals surface area (Å²) < 4.78 is 11.4. The van der Waals surface area contributed by atoms with Gasteiger partial charge in [-0.25, -0.2) is 0 Å². The van der Waals surface area contributed by atoms with Crippen LogP contribution < -0.4 is 9.64 Å². The predicted octanol–water partition coefficient (Wildman–Crippen LogP) is 3.18. The van der Waals surface area contributed by atoms with E-state index in [1.165, 1.54) is 0 Å². The maximum Gasteiger partial charge on any atom is 0.265 e. The minimum atomic E-state index is -0.698. The number of aromatic nitrogens is 1. The summed E-state index contributed by atoms with van der Waals surface area (Å²) in [5.74, 6) is 0.368. The lowest BCUT2D eigenvalue weighted by Gasteiger charge is -2.37. The Labute approximate surface area is 174 Å². The van der Waals surface area contributed by atoms with Crippen molar-refractivity contribution in [3.05, 3.63) is 54.2 Å². The number of ether oxygens (including phenoxy) is 1. The molecule has 1 atom stereocenters. The van der Waals surface area contributed by atoms with Crippen molar-refractivity contribution in [2.45, 2.75) is 31.8 Å². The largest absolute Gasteiger partial charge is 0.476 e. The van der Waals surface area contributed by atoms with Gasteiger partial charge in [0.25, 0.3) is 5.91 Å². The molecule has 154 valence electrons. The monoisotopic (exact) mass is 405 g/mol. The molecule has 5 rings (SSSR count). The molecule has 2 aliphatic rings. The van der Waals surface area contributed by atoms with Gasteiger partial charge in [0, 0.05) is 18.5 Å². The highest BCUT2D eigenvalue weighted by molar-refractivity contribution is 5.99. The maximum atomic E-state index is 13.3. The minimum Gasteiger partial charge on any atom is -0.476 e. The molecule has 0 unspecified atom stereocenters. The molecule has 1 saturated heterocycles. The Bertz CT molecular complexity index is 1090. The Morgan fingerprint density at radius 1 is 1.00 bits per heavy atom. The van der Waals surface area contributed by atoms with Crippen LogP contribution >= 0.6 is 0 Å². The summed E-state index contributed by atoms with van der Waals surface area (Å²) in [5, 5.41) is 4.91. The third-order valence-corrected chi connectivity index (χ3v) is 5.79. The lowest BCUT2D eigenvalue weighted by molar-refractivity contribution is -0.139. The van der Waals surface area contributed by atoms with Crippen molar-refractivity contribution in [3.63, 3.8) is 0 Å². The van der Waals surface area contributed by atoms with Crippen molar-refractivity contribution >= 4 is 28.5 Å². The summed E-state index contributed by atoms with van der Waals surface area (Å²) >= 11 is 0. The number of anilines is 1. The molecule has 30 heavy (non-hydrogen) atoms. The smallest absolute Gasteiger partial charge is 0.265 e. The van der Waals surface area contributed by atoms with Gasteiger partial charge in [-0.05, 0) is 43.5 Å². The highest BCUT2D eigenvalue weighted by Gasteiger charge is 2.36. The van der Waals surface area contributed by atoms with Crippen LogP contribution in [0.2, 0.25) is 0 Å². The Kier molecular flexibility index (Phi) is 4.86. The molecule has 7 heteroatoms. The molecule has 2 amide bonds. The number of benzene rings is 2. The van der Waals surface area contributed by atoms with Crippen molar-refractivity contribution in [3.8, 4) is 5.75 Å². The summed E-state index contributed by atoms with van der Waals surface area (Å²) in [4.78, 5) is 29.8. The van der Waals surface area contributed by atoms with Crippen LogP contribution in [0.3, 0.4) is 0 Å². The molecule has 3 heterocycles. The summed E-state index contributed by atoms with van der Waals surface area (Å²) in [6.45, 7) is 1.69. The van der Waals surface area contributed by atoms with Crippen LogP contribution in [-0.2, 0) is 16.0 Å². The van der Waals surface area contributed by atoms with Gasteiger partial charge in [0.2, 0.25) is 5.91 Å². The van der Waals surface area contributed by atoms with Gasteiger partial charge >= 0.3 is 0 Å². The van der Waals surface area contributed by atoms with E-state index in [1.54, 1.807) is 11.0 Å². The van der Waals surface area contributed by atoms with Crippen LogP contribution in [0.5, 0.6) is 5.75 Å². The summed E-state index contributed by atoms with van der Waals surface area (Å²) in [6, 6.07) is 14.8. The molecular weight excluding hydrogens is 382 g/mol. The zero-order valence-electron chi connectivity index (χ0n) is 16.6. The van der Waals surface area contributed by atoms with E-state index in [2.05, 4.69) is 5.16 Å². The van der Waals surface area contributed by atoms with Crippen LogP contribution in [0.15, 0.2) is 53.1 Å². The number of amides is 2. The SMILES string of the molecule is O=C([C@H]1CN(C(=O)Cc2noc3ccccc23)c2ccccc2O1)N1CCCCC1. The number of para-hydroxylation sites is 3. The Morgan fingerprint density at radius 2 is 1.77 bits per heavy atom. The molecule has 0 N–H and O–H groups in total. The summed E-state index contributed by atoms with van der Waals surface area (Å²) in [6.07, 6.45) is 2.56. The molecule has 1 fully saturated rings. The number of hydrogen-bond donors (Lipinski definition) is 0. The van der Waals surface area contributed by atoms with E-state index in [1.807, 2.05) is 47.4 Å². The van der Waals surface area contributed by atoms with Gasteiger partial charge in [0.15, 0.2) is 11.7 Å². The molecule has 3 aromatic rings. The van der Waals surface area contributed by atoms with E-state index in [9.17, 15) is 9.59 Å². The van der Waals surface area contributed by atoms with Crippen LogP contribution in [0, 0.1) is 0 Å². The first-order chi connectivity index (χ1) is 14.7. The third kappa shape index (κ3) is 3.40. The van der Waals surface area contributed by atoms with Crippen molar-refractivity contribution in [1.82, 2.24) is 10.1 Å². The molecule has 0 bridgehead atoms. The number of hydrogen-bond acceptors (Lipinski definition) is 5. The van der Waals surface area contributed by atoms with Gasteiger partial charge in [0.1, 0.15) is 11.4 Å². The lowest BCUT2D eigenvalue weighted by atomic mass is 10.1. The molecule has 0 aliphatic carbocycles. The van der Waals surface area contributed by atoms with E-state index >= 15 is 0 Å². The molecule has 0 saturated carbocycles. The zero-order valence-corrected chi connectivity index (χ0v) is 16.6. The fourth-order valence-electron chi connectivity index (χ4n) is 4.22. The highest BCUT2D eigenvalue weighted by Crippen LogP contribution is 2.34. The molecule has 7 nitrogen and oxygen atoms in total. The normalized spacial score (nSPS) is 18.7. The van der Waals surface area contributed by atoms with Gasteiger partial charge in [-0.2, -0.15) is 0 Å². The van der Waals surface area contributed by atoms with E-state index < -0.39 is 6.10 Å². The van der Waals surface area contributed by atoms with Crippen molar-refractivity contribution in [2.75, 3.05) is 24.5 Å². The molecular formula is C23H23N3O4. The number of fused-ring (bicyclic) bond motifs is 2. The average Bonchev–Trinajstić information content (AvgIpc) is 3.21. The first kappa shape index (κ1) is 18.7. The number of carbonyl (C=O) groups excluding carboxylic acids is 2. The minimum absolute atomic E-state index is 0.0473. The number of likely N-dealkylation sites (tertiary alicyclic amines) is 1. The van der Waals surface area contributed by atoms with Gasteiger partial charge < -0.3 is 19.1 Å². The first-order valence-corrected chi connectivity index (χ1v) is 10.4. The number of carbonyl (C=O) groups is 2. The fourth-order valence-corrected chi connectivity index (χ4v) is 4.22. The molecule has 0 radical (unpaired) electrons. The maximum absolute atomic E-state index is 13.3. The fraction of sp³-hybridized carbons (Fsp3) is 0.348. The average molecular weight is 405 g/mol. The van der Waals surface area contributed by atoms with Crippen LogP contribution in [0.25, 0.3) is 11.0 Å². The molecule has 1 aromatic heterocycles. The second-order valence-electron chi connectivity index (χ2n) is 7.77. The number of piperidine rings is 1. The quantitative estimate of drug-likeness (QED) is 0.669. The van der Waals surface area contributed by atoms with Gasteiger partial charge in [-0.1, -0.05) is 29.4 Å². The van der Waals surface area contributed by atoms with E-state index in [0.717, 1.165) is 37.7 Å². The Morgan fingerprint density at radius 3 is 2.63 bits per heavy atom. The van der Waals surface area contributed by atoms with Gasteiger partial charge in [-0.3, -0.25) is 9.59 Å². The first-order valence-electron chi connectivity index (χ1n) is 10.4. The summed E-state index contributed by atoms with van der Waals surface area (Å²) in [7, 11) is 0. The number of nitrogens with zero attached hydrogens (tertiary/aromatic N) is 3. The van der Waals surface area contributed by atoms with Crippen LogP contribution in [-0.4, -0.2) is 47.6 Å². The number of rotatable bonds is 3. The molecule has 0 spiro atoms. The standard InChI is InChI=1S/C23H23N3O4/c27-22(14-17-16-8-2-4-10-19(16)30-24-17)26-15-21(23(28)25-12-6-1-7-13-25)29-20-11-5-3-9-18(20)26/h2-5,8-11,21H,1,6-7,12-15H2/t21-/m1/s1. The third-order valence-electron chi connectivity index (χ3n) is 5.79. The Hall–Kier alpha value is -3.35. The topological polar surface area (TPSA) is 75.9 Å².